The number of carbonyl (C=O) groups excluding carboxylic acids is 11. The summed E-state index contributed by atoms with van der Waals surface area (Å²) in [4.78, 5) is 181. The summed E-state index contributed by atoms with van der Waals surface area (Å²) in [7, 11) is -22.0. The molecule has 8 amide bonds. The van der Waals surface area contributed by atoms with E-state index < -0.39 is 173 Å². The summed E-state index contributed by atoms with van der Waals surface area (Å²) in [5, 5.41) is 117. The normalized spacial score (nSPS) is 14.7. The minimum absolute atomic E-state index is 0. The van der Waals surface area contributed by atoms with Crippen LogP contribution in [-0.2, 0) is 84.4 Å². The van der Waals surface area contributed by atoms with Crippen LogP contribution in [-0.4, -0.2) is 437 Å². The Labute approximate surface area is 947 Å². The number of hydroxylamine groups is 16. The molecular formula is C74H141F3N17Na5O37P8. The number of nitrogens with zero attached hydrogens (tertiary/aromatic N) is 12. The number of benzene rings is 1. The van der Waals surface area contributed by atoms with Gasteiger partial charge >= 0.3 is 166 Å². The number of aliphatic hydroxyl groups excluding tert-OH is 3. The van der Waals surface area contributed by atoms with Crippen LogP contribution in [0.5, 0.6) is 0 Å². The second-order valence-corrected chi connectivity index (χ2v) is 55.2. The fourth-order valence-corrected chi connectivity index (χ4v) is 14.7. The number of carbonyl (C=O) groups is 11. The van der Waals surface area contributed by atoms with Gasteiger partial charge in [-0.15, -0.1) is 0 Å². The third-order valence-electron chi connectivity index (χ3n) is 17.9. The van der Waals surface area contributed by atoms with Gasteiger partial charge in [-0.25, -0.2) is 40.5 Å². The largest absolute Gasteiger partial charge is 1.00 e. The van der Waals surface area contributed by atoms with Crippen molar-refractivity contribution in [1.82, 2.24) is 86.7 Å². The SMILES string of the molecule is CC(NCC(=O)P(C)(=O)[O-])N(O)C(=O)CCO.CCCC(=O)N(O)C(C)N(C)CC(O)P(C)(C)=O.CN(CC(=O)P(C)(C)=O)CN(O)C(=O)C(F)(F)F.CN(CN(O)C(=O)C1CCCCC1)CP(C)(=O)[O-].CP(=O)([O-])C(O)CNCN(O)C(=O)c1ccco1.CP(C)(=O)CNCN(O)C(=O)CCCN1CCOCC1.CP(C)(=O)CNCN(O)C(=O)c1ccccc1.O=CN(O)CNCC(=O)P(=O)([O-])[O-].[Na+].[Na+].[Na+].[Na+].[Na+]. The topological polar surface area (TPSA) is 784 Å². The maximum atomic E-state index is 11.9. The Kier molecular flexibility index (Phi) is 90.8. The molecule has 1 saturated carbocycles. The number of hydrogen-bond donors (Lipinski definition) is 16. The van der Waals surface area contributed by atoms with Crippen LogP contribution in [0.4, 0.5) is 13.2 Å². The van der Waals surface area contributed by atoms with Gasteiger partial charge in [0.1, 0.15) is 51.6 Å². The van der Waals surface area contributed by atoms with Gasteiger partial charge in [0.15, 0.2) is 16.8 Å². The van der Waals surface area contributed by atoms with Gasteiger partial charge in [0.25, 0.3) is 5.91 Å². The Balaban J connectivity index is -0.000000206. The van der Waals surface area contributed by atoms with Crippen LogP contribution in [0.1, 0.15) is 106 Å². The Morgan fingerprint density at radius 1 is 0.569 bits per heavy atom. The molecule has 16 N–H and O–H groups in total. The van der Waals surface area contributed by atoms with E-state index in [2.05, 4.69) is 31.5 Å². The molecule has 2 fully saturated rings. The number of alkyl halides is 3. The number of morpholine rings is 1. The number of nitrogens with one attached hydrogen (secondary N) is 5. The molecule has 0 radical (unpaired) electrons. The summed E-state index contributed by atoms with van der Waals surface area (Å²) in [6.07, 6.45) is 1.60. The summed E-state index contributed by atoms with van der Waals surface area (Å²) in [5.41, 5.74) is -2.77. The summed E-state index contributed by atoms with van der Waals surface area (Å²) in [6.45, 7) is 20.0. The number of ether oxygens (including phenoxy) is 1. The average molecular weight is 2280 g/mol. The van der Waals surface area contributed by atoms with Gasteiger partial charge in [0.2, 0.25) is 35.6 Å². The summed E-state index contributed by atoms with van der Waals surface area (Å²) in [5.74, 6) is -8.08. The Morgan fingerprint density at radius 2 is 1.06 bits per heavy atom. The molecule has 1 aromatic carbocycles. The van der Waals surface area contributed by atoms with Crippen molar-refractivity contribution in [3.8, 4) is 0 Å². The molecule has 70 heteroatoms. The number of halogens is 3. The van der Waals surface area contributed by atoms with Gasteiger partial charge in [-0.3, -0.25) is 141 Å². The van der Waals surface area contributed by atoms with E-state index in [1.807, 2.05) is 6.92 Å². The number of hydrogen-bond acceptors (Lipinski definition) is 46. The first-order valence-electron chi connectivity index (χ1n) is 42.1. The molecule has 1 saturated heterocycles. The maximum Gasteiger partial charge on any atom is 1.00 e. The van der Waals surface area contributed by atoms with Gasteiger partial charge in [-0.2, -0.15) is 13.2 Å². The van der Waals surface area contributed by atoms with Gasteiger partial charge in [-0.05, 0) is 165 Å². The zero-order valence-electron chi connectivity index (χ0n) is 85.9. The quantitative estimate of drug-likeness (QED) is 0.00730. The van der Waals surface area contributed by atoms with E-state index in [9.17, 15) is 168 Å². The maximum absolute atomic E-state index is 11.9. The van der Waals surface area contributed by atoms with Gasteiger partial charge in [-0.1, -0.05) is 44.4 Å². The first kappa shape index (κ1) is 160. The van der Waals surface area contributed by atoms with Crippen LogP contribution >= 0.6 is 58.3 Å². The fourth-order valence-electron chi connectivity index (χ4n) is 10.1. The van der Waals surface area contributed by atoms with Crippen molar-refractivity contribution in [2.24, 2.45) is 5.92 Å². The molecule has 0 spiro atoms. The standard InChI is InChI=1S/C12H26N3O4P.C11H23N2O4P.C11H25N2O4P.C11H17N2O3P.C9H15N2O6P.C8H14F3N2O4P.C8H17N2O6P.C4H9N2O6P.5Na/c1-20(2,18)11-13-10-15(17)12(16)4-3-5-14-6-8-19-9-7-14;1-12(9-18(2,16)17)8-13(15)11(14)10-6-4-3-5-7-10;1-6-7-10(14)13(16)9(2)12(3)8-11(15)18(4,5)17;1-17(2,16)9-12-8-13(15)11(14)10-6-4-3-5-7-10;1-18(15,16)8(12)5-10-6-11(14)9(13)7-3-2-4-17-7;1-12(4-6(14)18(2,3)17)5-13(16)7(15)8(9,10)11;1-6(10(14)7(12)3-4-11)9-5-8(13)17(2,15)16;7-3-6(9)2-5-1-4(8)13(10,11)12;;;;;/h13,17H,3-11H2,1-2H3;10,15H,3-9H2,1-2H3,(H,16,17);9,11,15-16H,6-8H2,1-5H3;3-7,12,15H,8-9H2,1-2H3;2-4,8,10,12,14H,5-6H2,1H3,(H,15,16);16H,4-5H2,1-3H3;6,9,11,14H,3-5H2,1-2H3,(H,15,16);3,5,9H,1-2H2,(H2,10,11,12);;;;;/q;;;;;;;;5*+1/p-5. The van der Waals surface area contributed by atoms with Gasteiger partial charge < -0.3 is 85.5 Å². The number of rotatable bonds is 49. The van der Waals surface area contributed by atoms with Crippen molar-refractivity contribution in [3.63, 3.8) is 0 Å². The van der Waals surface area contributed by atoms with E-state index in [1.165, 1.54) is 63.9 Å². The summed E-state index contributed by atoms with van der Waals surface area (Å²) >= 11 is 0. The number of amides is 8. The van der Waals surface area contributed by atoms with Crippen molar-refractivity contribution in [2.45, 2.75) is 115 Å². The molecule has 7 unspecified atom stereocenters. The molecule has 810 valence electrons. The fraction of sp³-hybridized carbons (Fsp3) is 0.716. The van der Waals surface area contributed by atoms with E-state index in [0.29, 0.717) is 55.1 Å². The predicted octanol–water partition coefficient (Wildman–Crippen LogP) is -15.6. The van der Waals surface area contributed by atoms with Crippen molar-refractivity contribution in [2.75, 3.05) is 226 Å². The second-order valence-electron chi connectivity index (χ2n) is 33.2. The summed E-state index contributed by atoms with van der Waals surface area (Å²) < 4.78 is 134. The monoisotopic (exact) mass is 2280 g/mol. The Morgan fingerprint density at radius 3 is 1.49 bits per heavy atom. The number of aliphatic hydroxyl groups is 3. The average Bonchev–Trinajstić information content (AvgIpc) is 0.885. The van der Waals surface area contributed by atoms with Crippen molar-refractivity contribution in [1.29, 1.82) is 0 Å². The zero-order valence-corrected chi connectivity index (χ0v) is 103. The van der Waals surface area contributed by atoms with Crippen LogP contribution in [0.3, 0.4) is 0 Å². The third-order valence-corrected chi connectivity index (χ3v) is 26.9. The van der Waals surface area contributed by atoms with Crippen LogP contribution in [0, 0.1) is 5.92 Å². The van der Waals surface area contributed by atoms with E-state index >= 15 is 0 Å². The first-order chi connectivity index (χ1) is 63.4. The van der Waals surface area contributed by atoms with Crippen molar-refractivity contribution < 1.29 is 341 Å². The van der Waals surface area contributed by atoms with Gasteiger partial charge in [0.05, 0.1) is 113 Å². The molecule has 4 rings (SSSR count). The zero-order chi connectivity index (χ0) is 109. The minimum atomic E-state index is -5.22. The van der Waals surface area contributed by atoms with Crippen LogP contribution in [0.2, 0.25) is 0 Å². The molecule has 1 aliphatic carbocycles. The minimum Gasteiger partial charge on any atom is -0.805 e. The van der Waals surface area contributed by atoms with Crippen LogP contribution < -0.4 is 199 Å². The summed E-state index contributed by atoms with van der Waals surface area (Å²) in [6, 6.07) is 11.3. The smallest absolute Gasteiger partial charge is 0.805 e. The van der Waals surface area contributed by atoms with E-state index in [1.54, 1.807) is 82.9 Å². The molecule has 2 aromatic rings. The van der Waals surface area contributed by atoms with Crippen LogP contribution in [0.25, 0.3) is 0 Å². The molecule has 1 aliphatic heterocycles. The third kappa shape index (κ3) is 81.5. The Bertz CT molecular complexity index is 4430. The second kappa shape index (κ2) is 81.5. The molecule has 0 bridgehead atoms. The van der Waals surface area contributed by atoms with E-state index in [-0.39, 0.29) is 254 Å². The molecule has 144 heavy (non-hydrogen) atoms. The van der Waals surface area contributed by atoms with Crippen molar-refractivity contribution >= 4 is 123 Å². The number of likely N-dealkylation sites (N-methyl/N-ethyl adjacent to an activating group) is 2. The van der Waals surface area contributed by atoms with E-state index in [4.69, 9.17) is 24.7 Å². The molecule has 2 heterocycles. The molecule has 1 aromatic heterocycles. The van der Waals surface area contributed by atoms with E-state index in [0.717, 1.165) is 96.3 Å². The molecule has 7 atom stereocenters. The Hall–Kier alpha value is -1.14. The number of furan rings is 1. The predicted molar refractivity (Wildman–Crippen MR) is 489 cm³/mol. The van der Waals surface area contributed by atoms with Gasteiger partial charge in [0, 0.05) is 79.1 Å². The molecular weight excluding hydrogens is 2140 g/mol. The van der Waals surface area contributed by atoms with Crippen molar-refractivity contribution in [3.05, 3.63) is 60.1 Å². The molecule has 54 nitrogen and oxygen atoms in total. The molecule has 2 aliphatic rings. The van der Waals surface area contributed by atoms with Crippen LogP contribution in [0.15, 0.2) is 53.1 Å². The first-order valence-corrected chi connectivity index (χ1v) is 60.9.